The fourth-order valence-corrected chi connectivity index (χ4v) is 1.55. The van der Waals surface area contributed by atoms with Crippen LogP contribution in [0.3, 0.4) is 0 Å². The van der Waals surface area contributed by atoms with E-state index in [1.165, 1.54) is 9.13 Å². The van der Waals surface area contributed by atoms with Crippen LogP contribution in [0.5, 0.6) is 0 Å². The predicted molar refractivity (Wildman–Crippen MR) is 60.4 cm³/mol. The number of aromatic nitrogens is 2. The van der Waals surface area contributed by atoms with Crippen LogP contribution in [0.2, 0.25) is 0 Å². The second-order valence-corrected chi connectivity index (χ2v) is 4.86. The van der Waals surface area contributed by atoms with Crippen molar-refractivity contribution in [1.82, 2.24) is 9.13 Å². The van der Waals surface area contributed by atoms with Gasteiger partial charge in [-0.2, -0.15) is 0 Å². The van der Waals surface area contributed by atoms with Crippen molar-refractivity contribution >= 4 is 0 Å². The van der Waals surface area contributed by atoms with Gasteiger partial charge in [0.25, 0.3) is 5.56 Å². The number of nitrogens with zero attached hydrogens (tertiary/aromatic N) is 2. The quantitative estimate of drug-likeness (QED) is 0.639. The maximum absolute atomic E-state index is 12.0. The Morgan fingerprint density at radius 2 is 1.53 bits per heavy atom. The normalized spacial score (nSPS) is 11.9. The number of hydrogen-bond acceptors (Lipinski definition) is 2. The second-order valence-electron chi connectivity index (χ2n) is 4.86. The Bertz CT molecular complexity index is 464. The van der Waals surface area contributed by atoms with Gasteiger partial charge in [0.05, 0.1) is 0 Å². The highest BCUT2D eigenvalue weighted by atomic mass is 16.2. The van der Waals surface area contributed by atoms with Gasteiger partial charge in [0.2, 0.25) is 0 Å². The van der Waals surface area contributed by atoms with E-state index in [0.717, 1.165) is 5.69 Å². The van der Waals surface area contributed by atoms with Crippen molar-refractivity contribution in [1.29, 1.82) is 0 Å². The van der Waals surface area contributed by atoms with E-state index in [0.29, 0.717) is 5.56 Å². The van der Waals surface area contributed by atoms with Crippen LogP contribution < -0.4 is 11.2 Å². The summed E-state index contributed by atoms with van der Waals surface area (Å²) in [5.41, 5.74) is 0.431. The molecule has 0 amide bonds. The Kier molecular flexibility index (Phi) is 2.63. The minimum absolute atomic E-state index is 0.192. The van der Waals surface area contributed by atoms with Crippen molar-refractivity contribution in [3.63, 3.8) is 0 Å². The van der Waals surface area contributed by atoms with Gasteiger partial charge in [0.15, 0.2) is 0 Å². The molecule has 1 aromatic heterocycles. The first-order valence-corrected chi connectivity index (χ1v) is 4.97. The fraction of sp³-hybridized carbons (Fsp3) is 0.636. The monoisotopic (exact) mass is 210 g/mol. The van der Waals surface area contributed by atoms with Crippen LogP contribution in [0.4, 0.5) is 0 Å². The van der Waals surface area contributed by atoms with Crippen LogP contribution in [0.15, 0.2) is 9.59 Å². The summed E-state index contributed by atoms with van der Waals surface area (Å²) in [6.45, 7) is 9.09. The van der Waals surface area contributed by atoms with E-state index >= 15 is 0 Å². The SMILES string of the molecule is Cc1c(C)n(C)c(=O)n(C(C)(C)C)c1=O. The van der Waals surface area contributed by atoms with Crippen LogP contribution in [-0.2, 0) is 12.6 Å². The standard InChI is InChI=1S/C11H18N2O2/c1-7-8(2)12(6)10(15)13(9(7)14)11(3,4)5/h1-6H3. The Labute approximate surface area is 89.2 Å². The van der Waals surface area contributed by atoms with Gasteiger partial charge in [-0.3, -0.25) is 9.36 Å². The highest BCUT2D eigenvalue weighted by molar-refractivity contribution is 5.15. The van der Waals surface area contributed by atoms with Crippen molar-refractivity contribution < 1.29 is 0 Å². The summed E-state index contributed by atoms with van der Waals surface area (Å²) in [5, 5.41) is 0. The molecule has 4 nitrogen and oxygen atoms in total. The lowest BCUT2D eigenvalue weighted by molar-refractivity contribution is 0.355. The maximum Gasteiger partial charge on any atom is 0.331 e. The molecule has 0 fully saturated rings. The molecule has 0 saturated carbocycles. The van der Waals surface area contributed by atoms with Gasteiger partial charge in [0, 0.05) is 23.8 Å². The topological polar surface area (TPSA) is 44.0 Å². The van der Waals surface area contributed by atoms with Crippen molar-refractivity contribution in [2.75, 3.05) is 0 Å². The van der Waals surface area contributed by atoms with Gasteiger partial charge in [-0.05, 0) is 34.6 Å². The molecule has 1 aromatic rings. The summed E-state index contributed by atoms with van der Waals surface area (Å²) in [6, 6.07) is 0. The molecule has 0 saturated heterocycles. The molecule has 0 atom stereocenters. The molecule has 0 aliphatic rings. The zero-order valence-corrected chi connectivity index (χ0v) is 10.2. The zero-order valence-electron chi connectivity index (χ0n) is 10.2. The van der Waals surface area contributed by atoms with Gasteiger partial charge in [-0.25, -0.2) is 4.79 Å². The van der Waals surface area contributed by atoms with Crippen LogP contribution in [0, 0.1) is 13.8 Å². The van der Waals surface area contributed by atoms with Crippen LogP contribution in [0.1, 0.15) is 32.0 Å². The first-order valence-electron chi connectivity index (χ1n) is 4.97. The Morgan fingerprint density at radius 3 is 1.93 bits per heavy atom. The summed E-state index contributed by atoms with van der Waals surface area (Å²) >= 11 is 0. The minimum Gasteiger partial charge on any atom is -0.301 e. The van der Waals surface area contributed by atoms with Crippen molar-refractivity contribution in [3.8, 4) is 0 Å². The summed E-state index contributed by atoms with van der Waals surface area (Å²) in [6.07, 6.45) is 0. The molecule has 84 valence electrons. The van der Waals surface area contributed by atoms with Crippen LogP contribution in [0.25, 0.3) is 0 Å². The number of rotatable bonds is 0. The summed E-state index contributed by atoms with van der Waals surface area (Å²) in [4.78, 5) is 23.9. The fourth-order valence-electron chi connectivity index (χ4n) is 1.55. The minimum atomic E-state index is -0.482. The largest absolute Gasteiger partial charge is 0.331 e. The van der Waals surface area contributed by atoms with Crippen molar-refractivity contribution in [2.45, 2.75) is 40.2 Å². The molecule has 0 aliphatic carbocycles. The molecule has 15 heavy (non-hydrogen) atoms. The summed E-state index contributed by atoms with van der Waals surface area (Å²) < 4.78 is 2.82. The number of hydrogen-bond donors (Lipinski definition) is 0. The lowest BCUT2D eigenvalue weighted by atomic mass is 10.1. The third kappa shape index (κ3) is 1.76. The Morgan fingerprint density at radius 1 is 1.07 bits per heavy atom. The van der Waals surface area contributed by atoms with Crippen molar-refractivity contribution in [2.24, 2.45) is 7.05 Å². The lowest BCUT2D eigenvalue weighted by Crippen LogP contribution is -2.48. The predicted octanol–water partition coefficient (Wildman–Crippen LogP) is 0.919. The third-order valence-electron chi connectivity index (χ3n) is 2.72. The molecule has 0 radical (unpaired) electrons. The van der Waals surface area contributed by atoms with Gasteiger partial charge in [0.1, 0.15) is 0 Å². The molecule has 0 aliphatic heterocycles. The second kappa shape index (κ2) is 3.36. The van der Waals surface area contributed by atoms with E-state index in [4.69, 9.17) is 0 Å². The highest BCUT2D eigenvalue weighted by Crippen LogP contribution is 2.08. The van der Waals surface area contributed by atoms with Gasteiger partial charge in [-0.15, -0.1) is 0 Å². The lowest BCUT2D eigenvalue weighted by Gasteiger charge is -2.23. The Hall–Kier alpha value is -1.32. The Balaban J connectivity index is 3.86. The molecule has 1 rings (SSSR count). The van der Waals surface area contributed by atoms with E-state index in [9.17, 15) is 9.59 Å². The van der Waals surface area contributed by atoms with Gasteiger partial charge < -0.3 is 4.57 Å². The maximum atomic E-state index is 12.0. The first-order chi connectivity index (χ1) is 6.68. The first kappa shape index (κ1) is 11.8. The summed E-state index contributed by atoms with van der Waals surface area (Å²) in [5.74, 6) is 0. The van der Waals surface area contributed by atoms with Gasteiger partial charge in [-0.1, -0.05) is 0 Å². The van der Waals surface area contributed by atoms with Gasteiger partial charge >= 0.3 is 5.69 Å². The van der Waals surface area contributed by atoms with E-state index < -0.39 is 5.54 Å². The summed E-state index contributed by atoms with van der Waals surface area (Å²) in [7, 11) is 1.69. The third-order valence-corrected chi connectivity index (χ3v) is 2.72. The molecular weight excluding hydrogens is 192 g/mol. The molecular formula is C11H18N2O2. The van der Waals surface area contributed by atoms with E-state index in [2.05, 4.69) is 0 Å². The molecule has 4 heteroatoms. The van der Waals surface area contributed by atoms with Crippen molar-refractivity contribution in [3.05, 3.63) is 32.1 Å². The zero-order chi connectivity index (χ0) is 12.0. The molecule has 0 aromatic carbocycles. The van der Waals surface area contributed by atoms with E-state index in [1.54, 1.807) is 20.9 Å². The van der Waals surface area contributed by atoms with Crippen LogP contribution in [-0.4, -0.2) is 9.13 Å². The highest BCUT2D eigenvalue weighted by Gasteiger charge is 2.21. The average molecular weight is 210 g/mol. The molecule has 0 spiro atoms. The molecule has 0 N–H and O–H groups in total. The van der Waals surface area contributed by atoms with E-state index in [1.807, 2.05) is 20.8 Å². The average Bonchev–Trinajstić information content (AvgIpc) is 2.09. The van der Waals surface area contributed by atoms with Crippen LogP contribution >= 0.6 is 0 Å². The smallest absolute Gasteiger partial charge is 0.301 e. The molecule has 0 unspecified atom stereocenters. The molecule has 1 heterocycles. The molecule has 0 bridgehead atoms. The van der Waals surface area contributed by atoms with E-state index in [-0.39, 0.29) is 11.2 Å².